The fraction of sp³-hybridized carbons (Fsp3) is 0.353. The Morgan fingerprint density at radius 2 is 2.21 bits per heavy atom. The number of ether oxygens (including phenoxy) is 2. The van der Waals surface area contributed by atoms with E-state index in [1.165, 1.54) is 43.1 Å². The maximum absolute atomic E-state index is 13.7. The summed E-state index contributed by atoms with van der Waals surface area (Å²) in [5.74, 6) is -1.69. The van der Waals surface area contributed by atoms with Crippen LogP contribution in [0.1, 0.15) is 18.1 Å². The molecule has 24 heavy (non-hydrogen) atoms. The van der Waals surface area contributed by atoms with Crippen molar-refractivity contribution in [2.75, 3.05) is 20.3 Å². The number of esters is 1. The van der Waals surface area contributed by atoms with E-state index in [0.717, 1.165) is 0 Å². The third kappa shape index (κ3) is 5.82. The number of amides is 1. The van der Waals surface area contributed by atoms with Gasteiger partial charge in [-0.05, 0) is 25.1 Å². The molecule has 1 unspecified atom stereocenters. The number of hydrogen-bond donors (Lipinski definition) is 0. The fourth-order valence-electron chi connectivity index (χ4n) is 1.75. The molecule has 0 aromatic heterocycles. The summed E-state index contributed by atoms with van der Waals surface area (Å²) in [5.41, 5.74) is 0.505. The maximum Gasteiger partial charge on any atom is 0.335 e. The van der Waals surface area contributed by atoms with Gasteiger partial charge in [0.25, 0.3) is 5.91 Å². The molecular weight excluding hydrogens is 315 g/mol. The average Bonchev–Trinajstić information content (AvgIpc) is 2.58. The highest BCUT2D eigenvalue weighted by molar-refractivity contribution is 5.81. The number of benzene rings is 1. The molecule has 1 rings (SSSR count). The minimum Gasteiger partial charge on any atom is -0.454 e. The van der Waals surface area contributed by atoms with Crippen molar-refractivity contribution in [3.8, 4) is 6.07 Å². The molecule has 0 aliphatic heterocycles. The third-order valence-electron chi connectivity index (χ3n) is 3.14. The van der Waals surface area contributed by atoms with E-state index in [2.05, 4.69) is 6.58 Å². The molecule has 0 bridgehead atoms. The van der Waals surface area contributed by atoms with E-state index in [-0.39, 0.29) is 18.7 Å². The van der Waals surface area contributed by atoms with Gasteiger partial charge < -0.3 is 14.4 Å². The molecule has 0 heterocycles. The topological polar surface area (TPSA) is 79.6 Å². The standard InChI is InChI=1S/C17H19FN2O4/c1-4-7-23-12(2)17(22)24-11-16(21)20(3)10-14-8-13(9-19)5-6-15(14)18/h4-6,8,12H,1,7,10-11H2,2-3H3. The Morgan fingerprint density at radius 1 is 1.50 bits per heavy atom. The summed E-state index contributed by atoms with van der Waals surface area (Å²) in [6.07, 6.45) is 0.679. The molecule has 0 saturated carbocycles. The van der Waals surface area contributed by atoms with Gasteiger partial charge in [-0.2, -0.15) is 5.26 Å². The molecule has 6 nitrogen and oxygen atoms in total. The summed E-state index contributed by atoms with van der Waals surface area (Å²) < 4.78 is 23.7. The highest BCUT2D eigenvalue weighted by atomic mass is 19.1. The van der Waals surface area contributed by atoms with Gasteiger partial charge >= 0.3 is 5.97 Å². The summed E-state index contributed by atoms with van der Waals surface area (Å²) in [5, 5.41) is 8.83. The van der Waals surface area contributed by atoms with Crippen molar-refractivity contribution in [1.29, 1.82) is 5.26 Å². The van der Waals surface area contributed by atoms with Gasteiger partial charge in [0, 0.05) is 19.2 Å². The van der Waals surface area contributed by atoms with Crippen LogP contribution in [0.25, 0.3) is 0 Å². The first-order valence-electron chi connectivity index (χ1n) is 7.20. The van der Waals surface area contributed by atoms with Crippen molar-refractivity contribution in [2.45, 2.75) is 19.6 Å². The zero-order valence-corrected chi connectivity index (χ0v) is 13.6. The van der Waals surface area contributed by atoms with Crippen LogP contribution in [0.5, 0.6) is 0 Å². The lowest BCUT2D eigenvalue weighted by Crippen LogP contribution is -2.33. The molecule has 7 heteroatoms. The van der Waals surface area contributed by atoms with Crippen LogP contribution in [0.4, 0.5) is 4.39 Å². The van der Waals surface area contributed by atoms with E-state index >= 15 is 0 Å². The van der Waals surface area contributed by atoms with Crippen LogP contribution >= 0.6 is 0 Å². The van der Waals surface area contributed by atoms with E-state index in [9.17, 15) is 14.0 Å². The highest BCUT2D eigenvalue weighted by Crippen LogP contribution is 2.12. The Morgan fingerprint density at radius 3 is 2.83 bits per heavy atom. The summed E-state index contributed by atoms with van der Waals surface area (Å²) in [6, 6.07) is 5.80. The van der Waals surface area contributed by atoms with Crippen molar-refractivity contribution >= 4 is 11.9 Å². The number of carbonyl (C=O) groups excluding carboxylic acids is 2. The Kier molecular flexibility index (Phi) is 7.59. The molecule has 128 valence electrons. The first-order chi connectivity index (χ1) is 11.4. The number of hydrogen-bond acceptors (Lipinski definition) is 5. The molecule has 0 spiro atoms. The van der Waals surface area contributed by atoms with Crippen LogP contribution in [0.3, 0.4) is 0 Å². The molecule has 0 aliphatic carbocycles. The Balaban J connectivity index is 2.55. The second-order valence-corrected chi connectivity index (χ2v) is 5.04. The van der Waals surface area contributed by atoms with Crippen molar-refractivity contribution in [2.24, 2.45) is 0 Å². The number of nitrogens with zero attached hydrogens (tertiary/aromatic N) is 2. The van der Waals surface area contributed by atoms with Crippen LogP contribution < -0.4 is 0 Å². The number of halogens is 1. The van der Waals surface area contributed by atoms with Gasteiger partial charge in [0.1, 0.15) is 5.82 Å². The smallest absolute Gasteiger partial charge is 0.335 e. The van der Waals surface area contributed by atoms with Crippen LogP contribution in [0, 0.1) is 17.1 Å². The zero-order chi connectivity index (χ0) is 18.1. The molecule has 0 N–H and O–H groups in total. The molecule has 1 amide bonds. The number of rotatable bonds is 8. The first-order valence-corrected chi connectivity index (χ1v) is 7.20. The van der Waals surface area contributed by atoms with E-state index in [1.54, 1.807) is 0 Å². The number of carbonyl (C=O) groups is 2. The lowest BCUT2D eigenvalue weighted by molar-refractivity contribution is -0.160. The van der Waals surface area contributed by atoms with Gasteiger partial charge in [-0.15, -0.1) is 6.58 Å². The number of likely N-dealkylation sites (N-methyl/N-ethyl adjacent to an activating group) is 1. The Labute approximate surface area is 140 Å². The SMILES string of the molecule is C=CCOC(C)C(=O)OCC(=O)N(C)Cc1cc(C#N)ccc1F. The van der Waals surface area contributed by atoms with Crippen LogP contribution in [0.2, 0.25) is 0 Å². The monoisotopic (exact) mass is 334 g/mol. The summed E-state index contributed by atoms with van der Waals surface area (Å²) in [4.78, 5) is 24.8. The predicted molar refractivity (Wildman–Crippen MR) is 84.2 cm³/mol. The van der Waals surface area contributed by atoms with Crippen molar-refractivity contribution in [3.05, 3.63) is 47.8 Å². The second kappa shape index (κ2) is 9.43. The normalized spacial score (nSPS) is 11.2. The van der Waals surface area contributed by atoms with Gasteiger partial charge in [0.05, 0.1) is 18.2 Å². The Bertz CT molecular complexity index is 654. The van der Waals surface area contributed by atoms with Crippen molar-refractivity contribution < 1.29 is 23.5 Å². The molecule has 1 aromatic rings. The van der Waals surface area contributed by atoms with Gasteiger partial charge in [-0.3, -0.25) is 4.79 Å². The van der Waals surface area contributed by atoms with Gasteiger partial charge in [0.2, 0.25) is 0 Å². The highest BCUT2D eigenvalue weighted by Gasteiger charge is 2.18. The minimum absolute atomic E-state index is 0.0414. The first kappa shape index (κ1) is 19.3. The largest absolute Gasteiger partial charge is 0.454 e. The van der Waals surface area contributed by atoms with E-state index < -0.39 is 30.4 Å². The summed E-state index contributed by atoms with van der Waals surface area (Å²) >= 11 is 0. The van der Waals surface area contributed by atoms with Crippen LogP contribution in [0.15, 0.2) is 30.9 Å². The third-order valence-corrected chi connectivity index (χ3v) is 3.14. The zero-order valence-electron chi connectivity index (χ0n) is 13.6. The average molecular weight is 334 g/mol. The molecular formula is C17H19FN2O4. The fourth-order valence-corrected chi connectivity index (χ4v) is 1.75. The molecule has 0 fully saturated rings. The van der Waals surface area contributed by atoms with Crippen molar-refractivity contribution in [3.63, 3.8) is 0 Å². The van der Waals surface area contributed by atoms with E-state index in [0.29, 0.717) is 5.56 Å². The lowest BCUT2D eigenvalue weighted by Gasteiger charge is -2.18. The molecule has 1 aromatic carbocycles. The Hall–Kier alpha value is -2.72. The van der Waals surface area contributed by atoms with Crippen molar-refractivity contribution in [1.82, 2.24) is 4.90 Å². The molecule has 0 saturated heterocycles. The minimum atomic E-state index is -0.814. The lowest BCUT2D eigenvalue weighted by atomic mass is 10.1. The summed E-state index contributed by atoms with van der Waals surface area (Å²) in [6.45, 7) is 4.64. The van der Waals surface area contributed by atoms with Gasteiger partial charge in [-0.25, -0.2) is 9.18 Å². The van der Waals surface area contributed by atoms with Crippen LogP contribution in [-0.4, -0.2) is 43.1 Å². The van der Waals surface area contributed by atoms with Crippen LogP contribution in [-0.2, 0) is 25.6 Å². The maximum atomic E-state index is 13.7. The van der Waals surface area contributed by atoms with E-state index in [4.69, 9.17) is 14.7 Å². The quantitative estimate of drug-likeness (QED) is 0.535. The van der Waals surface area contributed by atoms with Gasteiger partial charge in [0.15, 0.2) is 12.7 Å². The van der Waals surface area contributed by atoms with Gasteiger partial charge in [-0.1, -0.05) is 6.08 Å². The summed E-state index contributed by atoms with van der Waals surface area (Å²) in [7, 11) is 1.45. The predicted octanol–water partition coefficient (Wildman–Crippen LogP) is 1.79. The van der Waals surface area contributed by atoms with E-state index in [1.807, 2.05) is 6.07 Å². The molecule has 0 aliphatic rings. The molecule has 1 atom stereocenters. The second-order valence-electron chi connectivity index (χ2n) is 5.04. The number of nitriles is 1. The molecule has 0 radical (unpaired) electrons.